The van der Waals surface area contributed by atoms with Gasteiger partial charge in [-0.25, -0.2) is 4.98 Å². The number of piperidine rings is 1. The average molecular weight is 303 g/mol. The second kappa shape index (κ2) is 6.97. The molecular formula is C18H29N3O. The van der Waals surface area contributed by atoms with Crippen molar-refractivity contribution < 1.29 is 4.74 Å². The van der Waals surface area contributed by atoms with Gasteiger partial charge in [0.1, 0.15) is 5.82 Å². The Morgan fingerprint density at radius 3 is 2.45 bits per heavy atom. The highest BCUT2D eigenvalue weighted by Crippen LogP contribution is 2.24. The van der Waals surface area contributed by atoms with Gasteiger partial charge in [0.05, 0.1) is 12.2 Å². The molecule has 0 unspecified atom stereocenters. The molecule has 0 saturated carbocycles. The summed E-state index contributed by atoms with van der Waals surface area (Å²) in [5.41, 5.74) is 1.11. The van der Waals surface area contributed by atoms with E-state index >= 15 is 0 Å². The van der Waals surface area contributed by atoms with Crippen molar-refractivity contribution in [3.8, 4) is 0 Å². The molecule has 2 saturated heterocycles. The number of hydrogen-bond acceptors (Lipinski definition) is 4. The monoisotopic (exact) mass is 303 g/mol. The van der Waals surface area contributed by atoms with E-state index in [-0.39, 0.29) is 0 Å². The van der Waals surface area contributed by atoms with Gasteiger partial charge in [-0.05, 0) is 51.7 Å². The van der Waals surface area contributed by atoms with Crippen molar-refractivity contribution in [2.45, 2.75) is 45.8 Å². The highest BCUT2D eigenvalue weighted by atomic mass is 16.5. The van der Waals surface area contributed by atoms with Gasteiger partial charge in [-0.3, -0.25) is 4.90 Å². The van der Waals surface area contributed by atoms with Crippen molar-refractivity contribution in [3.05, 3.63) is 23.9 Å². The molecular weight excluding hydrogens is 274 g/mol. The number of aryl methyl sites for hydroxylation is 1. The van der Waals surface area contributed by atoms with Crippen molar-refractivity contribution in [1.29, 1.82) is 0 Å². The molecule has 0 aliphatic carbocycles. The molecule has 1 aromatic rings. The van der Waals surface area contributed by atoms with Crippen LogP contribution in [0.3, 0.4) is 0 Å². The average Bonchev–Trinajstić information content (AvgIpc) is 2.47. The number of ether oxygens (including phenoxy) is 1. The van der Waals surface area contributed by atoms with Gasteiger partial charge >= 0.3 is 0 Å². The Kier molecular flexibility index (Phi) is 4.99. The fourth-order valence-electron chi connectivity index (χ4n) is 3.85. The Morgan fingerprint density at radius 1 is 1.14 bits per heavy atom. The highest BCUT2D eigenvalue weighted by molar-refractivity contribution is 5.39. The zero-order valence-corrected chi connectivity index (χ0v) is 14.2. The lowest BCUT2D eigenvalue weighted by molar-refractivity contribution is -0.0720. The molecule has 2 atom stereocenters. The van der Waals surface area contributed by atoms with Gasteiger partial charge in [0.25, 0.3) is 0 Å². The fraction of sp³-hybridized carbons (Fsp3) is 0.722. The molecule has 0 spiro atoms. The molecule has 4 nitrogen and oxygen atoms in total. The molecule has 122 valence electrons. The summed E-state index contributed by atoms with van der Waals surface area (Å²) in [5, 5.41) is 0. The van der Waals surface area contributed by atoms with Crippen LogP contribution in [0.4, 0.5) is 5.82 Å². The zero-order chi connectivity index (χ0) is 15.5. The number of hydrogen-bond donors (Lipinski definition) is 0. The van der Waals surface area contributed by atoms with Crippen LogP contribution in [0.1, 0.15) is 32.4 Å². The lowest BCUT2D eigenvalue weighted by atomic mass is 9.95. The van der Waals surface area contributed by atoms with Gasteiger partial charge < -0.3 is 9.64 Å². The Bertz CT molecular complexity index is 475. The lowest BCUT2D eigenvalue weighted by Crippen LogP contribution is -2.48. The summed E-state index contributed by atoms with van der Waals surface area (Å²) >= 11 is 0. The van der Waals surface area contributed by atoms with Crippen LogP contribution in [0, 0.1) is 12.8 Å². The maximum Gasteiger partial charge on any atom is 0.128 e. The van der Waals surface area contributed by atoms with Gasteiger partial charge in [-0.1, -0.05) is 6.07 Å². The predicted molar refractivity (Wildman–Crippen MR) is 90.4 cm³/mol. The number of anilines is 1. The molecule has 2 aliphatic heterocycles. The van der Waals surface area contributed by atoms with E-state index in [0.29, 0.717) is 12.2 Å². The summed E-state index contributed by atoms with van der Waals surface area (Å²) < 4.78 is 5.83. The maximum atomic E-state index is 5.83. The van der Waals surface area contributed by atoms with Crippen molar-refractivity contribution in [3.63, 3.8) is 0 Å². The van der Waals surface area contributed by atoms with Crippen LogP contribution in [-0.4, -0.2) is 54.8 Å². The zero-order valence-electron chi connectivity index (χ0n) is 14.2. The second-order valence-electron chi connectivity index (χ2n) is 7.04. The van der Waals surface area contributed by atoms with Gasteiger partial charge in [0.15, 0.2) is 0 Å². The molecule has 1 aromatic heterocycles. The maximum absolute atomic E-state index is 5.83. The van der Waals surface area contributed by atoms with E-state index in [1.807, 2.05) is 0 Å². The van der Waals surface area contributed by atoms with Crippen molar-refractivity contribution >= 4 is 5.82 Å². The first-order valence-electron chi connectivity index (χ1n) is 8.66. The third kappa shape index (κ3) is 3.99. The van der Waals surface area contributed by atoms with E-state index in [4.69, 9.17) is 4.74 Å². The summed E-state index contributed by atoms with van der Waals surface area (Å²) in [7, 11) is 0. The van der Waals surface area contributed by atoms with Crippen molar-refractivity contribution in [2.24, 2.45) is 5.92 Å². The summed E-state index contributed by atoms with van der Waals surface area (Å²) in [6.07, 6.45) is 3.30. The van der Waals surface area contributed by atoms with E-state index in [2.05, 4.69) is 53.8 Å². The Hall–Kier alpha value is -1.13. The second-order valence-corrected chi connectivity index (χ2v) is 7.04. The van der Waals surface area contributed by atoms with Crippen LogP contribution in [0.5, 0.6) is 0 Å². The number of rotatable bonds is 3. The summed E-state index contributed by atoms with van der Waals surface area (Å²) in [5.74, 6) is 1.96. The molecule has 2 fully saturated rings. The van der Waals surface area contributed by atoms with Crippen molar-refractivity contribution in [1.82, 2.24) is 9.88 Å². The van der Waals surface area contributed by atoms with Gasteiger partial charge in [-0.2, -0.15) is 0 Å². The molecule has 22 heavy (non-hydrogen) atoms. The molecule has 3 heterocycles. The molecule has 0 radical (unpaired) electrons. The predicted octanol–water partition coefficient (Wildman–Crippen LogP) is 2.72. The first-order valence-corrected chi connectivity index (χ1v) is 8.66. The van der Waals surface area contributed by atoms with Crippen LogP contribution in [0.2, 0.25) is 0 Å². The fourth-order valence-corrected chi connectivity index (χ4v) is 3.85. The van der Waals surface area contributed by atoms with Crippen LogP contribution in [0.25, 0.3) is 0 Å². The van der Waals surface area contributed by atoms with Crippen LogP contribution >= 0.6 is 0 Å². The van der Waals surface area contributed by atoms with Crippen LogP contribution in [-0.2, 0) is 4.74 Å². The quantitative estimate of drug-likeness (QED) is 0.858. The third-order valence-corrected chi connectivity index (χ3v) is 4.82. The van der Waals surface area contributed by atoms with Crippen LogP contribution in [0.15, 0.2) is 18.2 Å². The van der Waals surface area contributed by atoms with Crippen molar-refractivity contribution in [2.75, 3.05) is 37.6 Å². The number of pyridine rings is 1. The summed E-state index contributed by atoms with van der Waals surface area (Å²) in [4.78, 5) is 9.70. The molecule has 0 amide bonds. The Labute approximate surface area is 134 Å². The SMILES string of the molecule is Cc1cccc(N2CCC(CN3C[C@@H](C)O[C@@H](C)C3)CC2)n1. The van der Waals surface area contributed by atoms with Crippen LogP contribution < -0.4 is 4.90 Å². The standard InChI is InChI=1S/C18H29N3O/c1-14-5-4-6-18(19-14)21-9-7-17(8-10-21)13-20-11-15(2)22-16(3)12-20/h4-6,15-17H,7-13H2,1-3H3/t15-,16+. The normalized spacial score (nSPS) is 28.0. The number of aromatic nitrogens is 1. The van der Waals surface area contributed by atoms with Gasteiger partial charge in [0, 0.05) is 38.4 Å². The van der Waals surface area contributed by atoms with E-state index in [1.54, 1.807) is 0 Å². The first kappa shape index (κ1) is 15.8. The molecule has 3 rings (SSSR count). The minimum Gasteiger partial charge on any atom is -0.373 e. The largest absolute Gasteiger partial charge is 0.373 e. The topological polar surface area (TPSA) is 28.6 Å². The smallest absolute Gasteiger partial charge is 0.128 e. The van der Waals surface area contributed by atoms with E-state index in [1.165, 1.54) is 19.4 Å². The lowest BCUT2D eigenvalue weighted by Gasteiger charge is -2.39. The summed E-state index contributed by atoms with van der Waals surface area (Å²) in [6, 6.07) is 6.32. The summed E-state index contributed by atoms with van der Waals surface area (Å²) in [6.45, 7) is 12.1. The van der Waals surface area contributed by atoms with E-state index < -0.39 is 0 Å². The molecule has 2 aliphatic rings. The van der Waals surface area contributed by atoms with Gasteiger partial charge in [-0.15, -0.1) is 0 Å². The van der Waals surface area contributed by atoms with Gasteiger partial charge in [0.2, 0.25) is 0 Å². The van der Waals surface area contributed by atoms with E-state index in [0.717, 1.165) is 43.6 Å². The Morgan fingerprint density at radius 2 is 1.82 bits per heavy atom. The number of morpholine rings is 1. The minimum absolute atomic E-state index is 0.375. The molecule has 4 heteroatoms. The first-order chi connectivity index (χ1) is 10.6. The highest BCUT2D eigenvalue weighted by Gasteiger charge is 2.26. The minimum atomic E-state index is 0.375. The number of nitrogens with zero attached hydrogens (tertiary/aromatic N) is 3. The molecule has 0 aromatic carbocycles. The van der Waals surface area contributed by atoms with E-state index in [9.17, 15) is 0 Å². The Balaban J connectivity index is 1.49. The molecule has 0 bridgehead atoms. The molecule has 0 N–H and O–H groups in total. The third-order valence-electron chi connectivity index (χ3n) is 4.82.